The molecule has 2 aromatic heterocycles. The van der Waals surface area contributed by atoms with Crippen molar-refractivity contribution in [3.63, 3.8) is 0 Å². The number of ether oxygens (including phenoxy) is 1. The van der Waals surface area contributed by atoms with E-state index in [4.69, 9.17) is 17.0 Å². The molecule has 2 fully saturated rings. The lowest BCUT2D eigenvalue weighted by atomic mass is 9.95. The number of hydrogen-bond donors (Lipinski definition) is 1. The highest BCUT2D eigenvalue weighted by Gasteiger charge is 2.42. The van der Waals surface area contributed by atoms with Crippen LogP contribution in [0.2, 0.25) is 0 Å². The first-order chi connectivity index (χ1) is 8.33. The van der Waals surface area contributed by atoms with Crippen LogP contribution in [-0.4, -0.2) is 26.7 Å². The number of imidazole rings is 1. The van der Waals surface area contributed by atoms with Gasteiger partial charge in [0.1, 0.15) is 0 Å². The molecule has 2 saturated heterocycles. The highest BCUT2D eigenvalue weighted by atomic mass is 32.1. The second-order valence-electron chi connectivity index (χ2n) is 4.87. The van der Waals surface area contributed by atoms with E-state index in [1.165, 1.54) is 6.42 Å². The van der Waals surface area contributed by atoms with Crippen molar-refractivity contribution in [2.24, 2.45) is 0 Å². The first-order valence-corrected chi connectivity index (χ1v) is 6.43. The average Bonchev–Trinajstić information content (AvgIpc) is 2.99. The molecule has 2 aliphatic heterocycles. The number of nitrogens with zero attached hydrogens (tertiary/aromatic N) is 2. The van der Waals surface area contributed by atoms with Crippen LogP contribution >= 0.6 is 12.2 Å². The second kappa shape index (κ2) is 3.40. The summed E-state index contributed by atoms with van der Waals surface area (Å²) in [5.41, 5.74) is 2.16. The zero-order valence-corrected chi connectivity index (χ0v) is 10.1. The van der Waals surface area contributed by atoms with Gasteiger partial charge in [0.05, 0.1) is 35.5 Å². The molecule has 4 rings (SSSR count). The van der Waals surface area contributed by atoms with Gasteiger partial charge in [0.2, 0.25) is 0 Å². The molecule has 5 heteroatoms. The Morgan fingerprint density at radius 2 is 2.41 bits per heavy atom. The quantitative estimate of drug-likeness (QED) is 0.788. The molecule has 2 bridgehead atoms. The third-order valence-corrected chi connectivity index (χ3v) is 4.22. The molecule has 4 nitrogen and oxygen atoms in total. The predicted molar refractivity (Wildman–Crippen MR) is 66.5 cm³/mol. The van der Waals surface area contributed by atoms with Crippen LogP contribution in [0.3, 0.4) is 0 Å². The third-order valence-electron chi connectivity index (χ3n) is 3.92. The van der Waals surface area contributed by atoms with Gasteiger partial charge >= 0.3 is 0 Å². The minimum absolute atomic E-state index is 0.346. The fraction of sp³-hybridized carbons (Fsp3) is 0.500. The Balaban J connectivity index is 1.90. The summed E-state index contributed by atoms with van der Waals surface area (Å²) in [6, 6.07) is 2.42. The summed E-state index contributed by atoms with van der Waals surface area (Å²) in [7, 11) is 0. The molecule has 2 aromatic rings. The molecule has 0 spiro atoms. The molecule has 3 atom stereocenters. The molecule has 0 aliphatic carbocycles. The van der Waals surface area contributed by atoms with Crippen molar-refractivity contribution < 1.29 is 4.74 Å². The van der Waals surface area contributed by atoms with Crippen molar-refractivity contribution >= 4 is 23.3 Å². The van der Waals surface area contributed by atoms with Crippen LogP contribution in [0.25, 0.3) is 11.0 Å². The monoisotopic (exact) mass is 247 g/mol. The Hall–Kier alpha value is -1.20. The summed E-state index contributed by atoms with van der Waals surface area (Å²) >= 11 is 5.43. The highest BCUT2D eigenvalue weighted by molar-refractivity contribution is 7.71. The molecule has 88 valence electrons. The summed E-state index contributed by atoms with van der Waals surface area (Å²) in [5, 5.41) is 0. The van der Waals surface area contributed by atoms with Crippen LogP contribution in [0, 0.1) is 4.77 Å². The SMILES string of the molecule is S=c1[nH]c2cnccc2n1C1CC2CCC1O2. The van der Waals surface area contributed by atoms with Gasteiger partial charge in [-0.2, -0.15) is 0 Å². The molecule has 0 radical (unpaired) electrons. The lowest BCUT2D eigenvalue weighted by Crippen LogP contribution is -2.20. The topological polar surface area (TPSA) is 42.8 Å². The second-order valence-corrected chi connectivity index (χ2v) is 5.26. The highest BCUT2D eigenvalue weighted by Crippen LogP contribution is 2.42. The first-order valence-electron chi connectivity index (χ1n) is 6.02. The number of H-pyrrole nitrogens is 1. The Labute approximate surface area is 104 Å². The van der Waals surface area contributed by atoms with Gasteiger partial charge in [0.25, 0.3) is 0 Å². The van der Waals surface area contributed by atoms with Gasteiger partial charge in [-0.3, -0.25) is 4.98 Å². The van der Waals surface area contributed by atoms with Crippen molar-refractivity contribution in [2.45, 2.75) is 37.5 Å². The summed E-state index contributed by atoms with van der Waals surface area (Å²) in [5.74, 6) is 0. The number of rotatable bonds is 1. The summed E-state index contributed by atoms with van der Waals surface area (Å²) in [6.45, 7) is 0. The maximum atomic E-state index is 5.92. The van der Waals surface area contributed by atoms with Crippen LogP contribution in [0.5, 0.6) is 0 Å². The average molecular weight is 247 g/mol. The largest absolute Gasteiger partial charge is 0.373 e. The molecule has 2 aliphatic rings. The van der Waals surface area contributed by atoms with E-state index < -0.39 is 0 Å². The van der Waals surface area contributed by atoms with Crippen molar-refractivity contribution in [2.75, 3.05) is 0 Å². The van der Waals surface area contributed by atoms with Gasteiger partial charge in [-0.05, 0) is 37.5 Å². The predicted octanol–water partition coefficient (Wildman–Crippen LogP) is 2.59. The number of hydrogen-bond acceptors (Lipinski definition) is 3. The number of pyridine rings is 1. The Bertz CT molecular complexity index is 632. The number of aromatic nitrogens is 3. The van der Waals surface area contributed by atoms with Gasteiger partial charge in [-0.15, -0.1) is 0 Å². The van der Waals surface area contributed by atoms with E-state index in [0.717, 1.165) is 28.6 Å². The van der Waals surface area contributed by atoms with Gasteiger partial charge in [-0.25, -0.2) is 0 Å². The molecule has 4 heterocycles. The van der Waals surface area contributed by atoms with Crippen LogP contribution in [0.4, 0.5) is 0 Å². The van der Waals surface area contributed by atoms with Gasteiger partial charge in [-0.1, -0.05) is 0 Å². The molecule has 17 heavy (non-hydrogen) atoms. The van der Waals surface area contributed by atoms with Crippen LogP contribution < -0.4 is 0 Å². The van der Waals surface area contributed by atoms with E-state index in [9.17, 15) is 0 Å². The Morgan fingerprint density at radius 1 is 1.47 bits per heavy atom. The molecule has 3 unspecified atom stereocenters. The van der Waals surface area contributed by atoms with Crippen molar-refractivity contribution in [3.8, 4) is 0 Å². The van der Waals surface area contributed by atoms with Crippen LogP contribution in [-0.2, 0) is 4.74 Å². The Kier molecular flexibility index (Phi) is 1.96. The fourth-order valence-corrected chi connectivity index (χ4v) is 3.53. The van der Waals surface area contributed by atoms with Crippen LogP contribution in [0.1, 0.15) is 25.3 Å². The number of aromatic amines is 1. The number of fused-ring (bicyclic) bond motifs is 3. The lowest BCUT2D eigenvalue weighted by Gasteiger charge is -2.20. The molecule has 0 saturated carbocycles. The van der Waals surface area contributed by atoms with Crippen molar-refractivity contribution in [1.29, 1.82) is 0 Å². The maximum Gasteiger partial charge on any atom is 0.178 e. The standard InChI is InChI=1S/C12H13N3OS/c17-12-14-8-6-13-4-3-9(8)15(12)10-5-7-1-2-11(10)16-7/h3-4,6-7,10-11H,1-2,5H2,(H,14,17). The van der Waals surface area contributed by atoms with Crippen molar-refractivity contribution in [1.82, 2.24) is 14.5 Å². The van der Waals surface area contributed by atoms with E-state index >= 15 is 0 Å². The number of nitrogens with one attached hydrogen (secondary N) is 1. The maximum absolute atomic E-state index is 5.92. The molecular formula is C12H13N3OS. The van der Waals surface area contributed by atoms with E-state index in [1.807, 2.05) is 18.5 Å². The molecular weight excluding hydrogens is 234 g/mol. The van der Waals surface area contributed by atoms with Gasteiger partial charge < -0.3 is 14.3 Å². The minimum atomic E-state index is 0.346. The fourth-order valence-electron chi connectivity index (χ4n) is 3.19. The minimum Gasteiger partial charge on any atom is -0.373 e. The normalized spacial score (nSPS) is 31.4. The lowest BCUT2D eigenvalue weighted by molar-refractivity contribution is 0.0941. The van der Waals surface area contributed by atoms with Crippen LogP contribution in [0.15, 0.2) is 18.5 Å². The molecule has 0 aromatic carbocycles. The van der Waals surface area contributed by atoms with E-state index in [1.54, 1.807) is 0 Å². The first kappa shape index (κ1) is 9.79. The summed E-state index contributed by atoms with van der Waals surface area (Å²) < 4.78 is 8.92. The smallest absolute Gasteiger partial charge is 0.178 e. The van der Waals surface area contributed by atoms with Crippen molar-refractivity contribution in [3.05, 3.63) is 23.2 Å². The molecule has 0 amide bonds. The van der Waals surface area contributed by atoms with E-state index in [0.29, 0.717) is 18.2 Å². The van der Waals surface area contributed by atoms with Gasteiger partial charge in [0, 0.05) is 6.20 Å². The zero-order valence-electron chi connectivity index (χ0n) is 9.30. The summed E-state index contributed by atoms with van der Waals surface area (Å²) in [4.78, 5) is 7.34. The van der Waals surface area contributed by atoms with Gasteiger partial charge in [0.15, 0.2) is 4.77 Å². The van der Waals surface area contributed by atoms with E-state index in [2.05, 4.69) is 14.5 Å². The third kappa shape index (κ3) is 1.32. The molecule has 1 N–H and O–H groups in total. The Morgan fingerprint density at radius 3 is 3.18 bits per heavy atom. The van der Waals surface area contributed by atoms with E-state index in [-0.39, 0.29) is 0 Å². The summed E-state index contributed by atoms with van der Waals surface area (Å²) in [6.07, 6.45) is 7.89. The zero-order chi connectivity index (χ0) is 11.4.